The Labute approximate surface area is 113 Å². The molecule has 2 rings (SSSR count). The van der Waals surface area contributed by atoms with Crippen molar-refractivity contribution >= 4 is 0 Å². The maximum atomic E-state index is 9.70. The van der Waals surface area contributed by atoms with Gasteiger partial charge in [0.05, 0.1) is 13.2 Å². The topological polar surface area (TPSA) is 38.7 Å². The Bertz CT molecular complexity index is 535. The van der Waals surface area contributed by atoms with Crippen LogP contribution in [0.3, 0.4) is 0 Å². The van der Waals surface area contributed by atoms with E-state index in [4.69, 9.17) is 9.47 Å². The summed E-state index contributed by atoms with van der Waals surface area (Å²) in [4.78, 5) is 0. The molecular weight excluding hydrogens is 240 g/mol. The molecule has 0 radical (unpaired) electrons. The molecule has 0 saturated carbocycles. The average Bonchev–Trinajstić information content (AvgIpc) is 2.45. The van der Waals surface area contributed by atoms with Gasteiger partial charge in [-0.15, -0.1) is 0 Å². The molecule has 0 amide bonds. The minimum absolute atomic E-state index is 0.410. The minimum Gasteiger partial charge on any atom is -0.496 e. The number of ether oxygens (including phenoxy) is 2. The molecular formula is C16H18O3. The van der Waals surface area contributed by atoms with Crippen molar-refractivity contribution in [3.63, 3.8) is 0 Å². The van der Waals surface area contributed by atoms with Gasteiger partial charge < -0.3 is 14.6 Å². The maximum absolute atomic E-state index is 9.70. The summed E-state index contributed by atoms with van der Waals surface area (Å²) < 4.78 is 11.1. The highest BCUT2D eigenvalue weighted by molar-refractivity contribution is 5.36. The van der Waals surface area contributed by atoms with E-state index in [9.17, 15) is 5.11 Å². The monoisotopic (exact) mass is 258 g/mol. The lowest BCUT2D eigenvalue weighted by Crippen LogP contribution is -2.02. The van der Waals surface area contributed by atoms with Crippen LogP contribution in [-0.4, -0.2) is 12.2 Å². The summed E-state index contributed by atoms with van der Waals surface area (Å²) in [7, 11) is 1.64. The smallest absolute Gasteiger partial charge is 0.125 e. The SMILES string of the molecule is COc1ccccc1COc1ccccc1[C@H](C)O. The van der Waals surface area contributed by atoms with E-state index in [2.05, 4.69) is 0 Å². The molecule has 1 N–H and O–H groups in total. The number of hydrogen-bond acceptors (Lipinski definition) is 3. The van der Waals surface area contributed by atoms with E-state index in [1.807, 2.05) is 48.5 Å². The van der Waals surface area contributed by atoms with Gasteiger partial charge in [-0.25, -0.2) is 0 Å². The molecule has 2 aromatic carbocycles. The van der Waals surface area contributed by atoms with Gasteiger partial charge in [-0.3, -0.25) is 0 Å². The van der Waals surface area contributed by atoms with Crippen LogP contribution in [0, 0.1) is 0 Å². The first-order valence-corrected chi connectivity index (χ1v) is 6.24. The van der Waals surface area contributed by atoms with E-state index in [0.29, 0.717) is 12.4 Å². The Morgan fingerprint density at radius 2 is 1.63 bits per heavy atom. The Balaban J connectivity index is 2.15. The van der Waals surface area contributed by atoms with Crippen molar-refractivity contribution in [3.8, 4) is 11.5 Å². The van der Waals surface area contributed by atoms with Gasteiger partial charge in [0.15, 0.2) is 0 Å². The molecule has 0 aliphatic rings. The van der Waals surface area contributed by atoms with Crippen molar-refractivity contribution in [1.82, 2.24) is 0 Å². The molecule has 0 aliphatic heterocycles. The van der Waals surface area contributed by atoms with Crippen LogP contribution in [-0.2, 0) is 6.61 Å². The normalized spacial score (nSPS) is 11.9. The fourth-order valence-electron chi connectivity index (χ4n) is 1.93. The third-order valence-corrected chi connectivity index (χ3v) is 2.94. The predicted octanol–water partition coefficient (Wildman–Crippen LogP) is 3.33. The second kappa shape index (κ2) is 6.25. The van der Waals surface area contributed by atoms with Gasteiger partial charge >= 0.3 is 0 Å². The Kier molecular flexibility index (Phi) is 4.42. The molecule has 100 valence electrons. The zero-order valence-corrected chi connectivity index (χ0v) is 11.2. The first-order valence-electron chi connectivity index (χ1n) is 6.24. The summed E-state index contributed by atoms with van der Waals surface area (Å²) >= 11 is 0. The van der Waals surface area contributed by atoms with Gasteiger partial charge in [-0.2, -0.15) is 0 Å². The number of methoxy groups -OCH3 is 1. The molecule has 0 aliphatic carbocycles. The molecule has 0 fully saturated rings. The van der Waals surface area contributed by atoms with E-state index >= 15 is 0 Å². The van der Waals surface area contributed by atoms with E-state index in [1.54, 1.807) is 14.0 Å². The average molecular weight is 258 g/mol. The van der Waals surface area contributed by atoms with E-state index in [-0.39, 0.29) is 0 Å². The van der Waals surface area contributed by atoms with Crippen LogP contribution in [0.5, 0.6) is 11.5 Å². The molecule has 0 unspecified atom stereocenters. The molecule has 0 spiro atoms. The van der Waals surface area contributed by atoms with Crippen molar-refractivity contribution in [3.05, 3.63) is 59.7 Å². The van der Waals surface area contributed by atoms with Crippen molar-refractivity contribution in [2.24, 2.45) is 0 Å². The largest absolute Gasteiger partial charge is 0.496 e. The van der Waals surface area contributed by atoms with Crippen LogP contribution in [0.25, 0.3) is 0 Å². The van der Waals surface area contributed by atoms with Gasteiger partial charge in [0, 0.05) is 11.1 Å². The third-order valence-electron chi connectivity index (χ3n) is 2.94. The van der Waals surface area contributed by atoms with Gasteiger partial charge in [0.1, 0.15) is 18.1 Å². The minimum atomic E-state index is -0.547. The summed E-state index contributed by atoms with van der Waals surface area (Å²) in [5.74, 6) is 1.50. The lowest BCUT2D eigenvalue weighted by Gasteiger charge is -2.14. The van der Waals surface area contributed by atoms with Crippen LogP contribution in [0.2, 0.25) is 0 Å². The van der Waals surface area contributed by atoms with Gasteiger partial charge in [0.2, 0.25) is 0 Å². The van der Waals surface area contributed by atoms with Gasteiger partial charge in [-0.05, 0) is 19.1 Å². The second-order valence-corrected chi connectivity index (χ2v) is 4.31. The summed E-state index contributed by atoms with van der Waals surface area (Å²) in [5.41, 5.74) is 1.77. The third kappa shape index (κ3) is 3.26. The fourth-order valence-corrected chi connectivity index (χ4v) is 1.93. The summed E-state index contributed by atoms with van der Waals surface area (Å²) in [6.07, 6.45) is -0.547. The van der Waals surface area contributed by atoms with Crippen LogP contribution in [0.15, 0.2) is 48.5 Å². The van der Waals surface area contributed by atoms with Gasteiger partial charge in [-0.1, -0.05) is 36.4 Å². The number of benzene rings is 2. The predicted molar refractivity (Wildman–Crippen MR) is 74.4 cm³/mol. The lowest BCUT2D eigenvalue weighted by molar-refractivity contribution is 0.190. The number of para-hydroxylation sites is 2. The molecule has 19 heavy (non-hydrogen) atoms. The van der Waals surface area contributed by atoms with Crippen molar-refractivity contribution in [2.45, 2.75) is 19.6 Å². The summed E-state index contributed by atoms with van der Waals surface area (Å²) in [6, 6.07) is 15.2. The Morgan fingerprint density at radius 1 is 1.00 bits per heavy atom. The van der Waals surface area contributed by atoms with E-state index < -0.39 is 6.10 Å². The number of hydrogen-bond donors (Lipinski definition) is 1. The van der Waals surface area contributed by atoms with Crippen molar-refractivity contribution in [1.29, 1.82) is 0 Å². The molecule has 0 heterocycles. The molecule has 2 aromatic rings. The van der Waals surface area contributed by atoms with E-state index in [1.165, 1.54) is 0 Å². The Hall–Kier alpha value is -2.00. The molecule has 3 heteroatoms. The number of rotatable bonds is 5. The molecule has 0 aromatic heterocycles. The van der Waals surface area contributed by atoms with Crippen LogP contribution >= 0.6 is 0 Å². The second-order valence-electron chi connectivity index (χ2n) is 4.31. The summed E-state index contributed by atoms with van der Waals surface area (Å²) in [6.45, 7) is 2.14. The Morgan fingerprint density at radius 3 is 2.32 bits per heavy atom. The highest BCUT2D eigenvalue weighted by atomic mass is 16.5. The summed E-state index contributed by atoms with van der Waals surface area (Å²) in [5, 5.41) is 9.70. The van der Waals surface area contributed by atoms with Crippen LogP contribution in [0.4, 0.5) is 0 Å². The first-order chi connectivity index (χ1) is 9.22. The van der Waals surface area contributed by atoms with Crippen LogP contribution < -0.4 is 9.47 Å². The lowest BCUT2D eigenvalue weighted by atomic mass is 10.1. The molecule has 0 bridgehead atoms. The first kappa shape index (κ1) is 13.4. The zero-order valence-electron chi connectivity index (χ0n) is 11.2. The maximum Gasteiger partial charge on any atom is 0.125 e. The highest BCUT2D eigenvalue weighted by Crippen LogP contribution is 2.26. The zero-order chi connectivity index (χ0) is 13.7. The fraction of sp³-hybridized carbons (Fsp3) is 0.250. The highest BCUT2D eigenvalue weighted by Gasteiger charge is 2.09. The van der Waals surface area contributed by atoms with E-state index in [0.717, 1.165) is 16.9 Å². The molecule has 1 atom stereocenters. The number of aliphatic hydroxyl groups is 1. The van der Waals surface area contributed by atoms with Crippen molar-refractivity contribution in [2.75, 3.05) is 7.11 Å². The molecule has 0 saturated heterocycles. The molecule has 3 nitrogen and oxygen atoms in total. The van der Waals surface area contributed by atoms with Crippen LogP contribution in [0.1, 0.15) is 24.2 Å². The van der Waals surface area contributed by atoms with Gasteiger partial charge in [0.25, 0.3) is 0 Å². The van der Waals surface area contributed by atoms with Crippen molar-refractivity contribution < 1.29 is 14.6 Å². The number of aliphatic hydroxyl groups excluding tert-OH is 1. The standard InChI is InChI=1S/C16H18O3/c1-12(17)14-8-4-6-10-16(14)19-11-13-7-3-5-9-15(13)18-2/h3-10,12,17H,11H2,1-2H3/t12-/m0/s1. The quantitative estimate of drug-likeness (QED) is 0.894.